The molecule has 3 amide bonds. The van der Waals surface area contributed by atoms with Crippen molar-refractivity contribution in [3.63, 3.8) is 0 Å². The van der Waals surface area contributed by atoms with Gasteiger partial charge in [0, 0.05) is 0 Å². The van der Waals surface area contributed by atoms with E-state index in [4.69, 9.17) is 4.74 Å². The third-order valence-electron chi connectivity index (χ3n) is 2.91. The molecule has 2 N–H and O–H groups in total. The van der Waals surface area contributed by atoms with Gasteiger partial charge in [-0.05, 0) is 19.4 Å². The summed E-state index contributed by atoms with van der Waals surface area (Å²) in [6.07, 6.45) is 0. The molecular weight excluding hydrogens is 244 g/mol. The average Bonchev–Trinajstić information content (AvgIpc) is 2.52. The maximum Gasteiger partial charge on any atom is 0.322 e. The largest absolute Gasteiger partial charge is 0.495 e. The molecule has 1 aliphatic heterocycles. The Morgan fingerprint density at radius 1 is 1.21 bits per heavy atom. The summed E-state index contributed by atoms with van der Waals surface area (Å²) in [7, 11) is 0. The highest BCUT2D eigenvalue weighted by atomic mass is 16.5. The van der Waals surface area contributed by atoms with Crippen molar-refractivity contribution in [1.29, 1.82) is 0 Å². The minimum Gasteiger partial charge on any atom is -0.495 e. The molecule has 5 nitrogen and oxygen atoms in total. The van der Waals surface area contributed by atoms with Gasteiger partial charge in [0.25, 0.3) is 5.91 Å². The first-order chi connectivity index (χ1) is 9.13. The number of imide groups is 1. The smallest absolute Gasteiger partial charge is 0.322 e. The third kappa shape index (κ3) is 2.76. The minimum absolute atomic E-state index is 0.411. The van der Waals surface area contributed by atoms with Crippen molar-refractivity contribution in [3.8, 4) is 0 Å². The van der Waals surface area contributed by atoms with Gasteiger partial charge in [0.05, 0.1) is 12.2 Å². The van der Waals surface area contributed by atoms with E-state index in [2.05, 4.69) is 10.6 Å². The van der Waals surface area contributed by atoms with Crippen LogP contribution >= 0.6 is 0 Å². The Morgan fingerprint density at radius 3 is 2.53 bits per heavy atom. The number of nitrogens with one attached hydrogen (secondary N) is 2. The van der Waals surface area contributed by atoms with Gasteiger partial charge in [0.2, 0.25) is 0 Å². The summed E-state index contributed by atoms with van der Waals surface area (Å²) in [5.74, 6) is 0.0523. The molecule has 0 aromatic heterocycles. The number of urea groups is 1. The number of benzene rings is 1. The zero-order valence-corrected chi connectivity index (χ0v) is 10.9. The molecule has 100 valence electrons. The van der Waals surface area contributed by atoms with E-state index in [1.807, 2.05) is 37.3 Å². The maximum atomic E-state index is 11.8. The van der Waals surface area contributed by atoms with Crippen LogP contribution < -0.4 is 10.6 Å². The predicted molar refractivity (Wildman–Crippen MR) is 70.2 cm³/mol. The molecule has 2 rings (SSSR count). The molecule has 1 aliphatic rings. The molecule has 19 heavy (non-hydrogen) atoms. The molecular formula is C14H16N2O3. The Balaban J connectivity index is 2.47. The van der Waals surface area contributed by atoms with Crippen LogP contribution in [0.4, 0.5) is 4.79 Å². The van der Waals surface area contributed by atoms with Crippen LogP contribution in [0.1, 0.15) is 25.5 Å². The van der Waals surface area contributed by atoms with E-state index in [1.165, 1.54) is 0 Å². The van der Waals surface area contributed by atoms with Gasteiger partial charge in [0.1, 0.15) is 11.8 Å². The Bertz CT molecular complexity index is 523. The lowest BCUT2D eigenvalue weighted by Gasteiger charge is -2.20. The number of carbonyl (C=O) groups excluding carboxylic acids is 2. The van der Waals surface area contributed by atoms with Crippen LogP contribution in [0.2, 0.25) is 0 Å². The molecule has 1 aromatic rings. The predicted octanol–water partition coefficient (Wildman–Crippen LogP) is 1.88. The minimum atomic E-state index is -0.520. The normalized spacial score (nSPS) is 19.6. The summed E-state index contributed by atoms with van der Waals surface area (Å²) in [4.78, 5) is 23.4. The quantitative estimate of drug-likeness (QED) is 0.872. The van der Waals surface area contributed by atoms with E-state index < -0.39 is 18.0 Å². The summed E-state index contributed by atoms with van der Waals surface area (Å²) in [5, 5.41) is 4.99. The molecule has 0 aliphatic carbocycles. The van der Waals surface area contributed by atoms with Gasteiger partial charge < -0.3 is 10.1 Å². The molecule has 1 atom stereocenters. The van der Waals surface area contributed by atoms with E-state index in [0.717, 1.165) is 5.56 Å². The van der Waals surface area contributed by atoms with Crippen molar-refractivity contribution in [2.24, 2.45) is 0 Å². The van der Waals surface area contributed by atoms with Gasteiger partial charge in [-0.1, -0.05) is 30.3 Å². The van der Waals surface area contributed by atoms with Crippen molar-refractivity contribution in [3.05, 3.63) is 47.2 Å². The first kappa shape index (κ1) is 13.1. The zero-order chi connectivity index (χ0) is 13.8. The maximum absolute atomic E-state index is 11.8. The number of amides is 3. The molecule has 0 bridgehead atoms. The average molecular weight is 260 g/mol. The van der Waals surface area contributed by atoms with E-state index in [9.17, 15) is 9.59 Å². The second-order valence-electron chi connectivity index (χ2n) is 4.19. The summed E-state index contributed by atoms with van der Waals surface area (Å²) in [5.41, 5.74) is 1.28. The lowest BCUT2D eigenvalue weighted by molar-refractivity contribution is -0.116. The fourth-order valence-corrected chi connectivity index (χ4v) is 1.99. The fraction of sp³-hybridized carbons (Fsp3) is 0.286. The number of rotatable bonds is 3. The Hall–Kier alpha value is -2.30. The standard InChI is InChI=1S/C14H16N2O3/c1-3-19-12-9(2)13(17)16-14(18)15-11(12)10-7-5-4-6-8-10/h4-8,11H,3H2,1-2H3,(H2,15,16,17,18)/t11-/m0/s1. The monoisotopic (exact) mass is 260 g/mol. The molecule has 0 saturated heterocycles. The lowest BCUT2D eigenvalue weighted by Crippen LogP contribution is -2.38. The zero-order valence-electron chi connectivity index (χ0n) is 10.9. The van der Waals surface area contributed by atoms with Crippen molar-refractivity contribution in [2.75, 3.05) is 6.61 Å². The van der Waals surface area contributed by atoms with Crippen LogP contribution in [0.3, 0.4) is 0 Å². The number of ether oxygens (including phenoxy) is 1. The molecule has 0 saturated carbocycles. The lowest BCUT2D eigenvalue weighted by atomic mass is 10.0. The molecule has 5 heteroatoms. The Morgan fingerprint density at radius 2 is 1.89 bits per heavy atom. The Labute approximate surface area is 111 Å². The van der Waals surface area contributed by atoms with Gasteiger partial charge in [-0.25, -0.2) is 4.79 Å². The van der Waals surface area contributed by atoms with Gasteiger partial charge in [-0.15, -0.1) is 0 Å². The van der Waals surface area contributed by atoms with Gasteiger partial charge in [-0.2, -0.15) is 0 Å². The molecule has 0 radical (unpaired) electrons. The second-order valence-corrected chi connectivity index (χ2v) is 4.19. The fourth-order valence-electron chi connectivity index (χ4n) is 1.99. The molecule has 1 aromatic carbocycles. The SMILES string of the molecule is CCOC1=C(C)C(=O)NC(=O)N[C@H]1c1ccccc1. The van der Waals surface area contributed by atoms with Crippen LogP contribution in [0.5, 0.6) is 0 Å². The van der Waals surface area contributed by atoms with Gasteiger partial charge in [-0.3, -0.25) is 10.1 Å². The van der Waals surface area contributed by atoms with Crippen LogP contribution in [-0.4, -0.2) is 18.5 Å². The van der Waals surface area contributed by atoms with Crippen LogP contribution in [-0.2, 0) is 9.53 Å². The van der Waals surface area contributed by atoms with Crippen LogP contribution in [0, 0.1) is 0 Å². The highest BCUT2D eigenvalue weighted by Gasteiger charge is 2.29. The summed E-state index contributed by atoms with van der Waals surface area (Å²) >= 11 is 0. The summed E-state index contributed by atoms with van der Waals surface area (Å²) in [6.45, 7) is 3.92. The molecule has 1 heterocycles. The van der Waals surface area contributed by atoms with E-state index >= 15 is 0 Å². The Kier molecular flexibility index (Phi) is 3.85. The van der Waals surface area contributed by atoms with Crippen LogP contribution in [0.15, 0.2) is 41.7 Å². The van der Waals surface area contributed by atoms with Crippen molar-refractivity contribution < 1.29 is 14.3 Å². The van der Waals surface area contributed by atoms with Gasteiger partial charge in [0.15, 0.2) is 0 Å². The first-order valence-electron chi connectivity index (χ1n) is 6.13. The van der Waals surface area contributed by atoms with E-state index in [1.54, 1.807) is 6.92 Å². The molecule has 0 fully saturated rings. The summed E-state index contributed by atoms with van der Waals surface area (Å²) < 4.78 is 5.56. The highest BCUT2D eigenvalue weighted by molar-refractivity contribution is 6.05. The topological polar surface area (TPSA) is 67.4 Å². The summed E-state index contributed by atoms with van der Waals surface area (Å²) in [6, 6.07) is 8.43. The van der Waals surface area contributed by atoms with Crippen LogP contribution in [0.25, 0.3) is 0 Å². The van der Waals surface area contributed by atoms with E-state index in [0.29, 0.717) is 17.9 Å². The number of hydrogen-bond donors (Lipinski definition) is 2. The van der Waals surface area contributed by atoms with Crippen molar-refractivity contribution in [2.45, 2.75) is 19.9 Å². The molecule has 0 spiro atoms. The number of hydrogen-bond acceptors (Lipinski definition) is 3. The highest BCUT2D eigenvalue weighted by Crippen LogP contribution is 2.26. The second kappa shape index (κ2) is 5.56. The van der Waals surface area contributed by atoms with E-state index in [-0.39, 0.29) is 0 Å². The third-order valence-corrected chi connectivity index (χ3v) is 2.91. The first-order valence-corrected chi connectivity index (χ1v) is 6.13. The number of carbonyl (C=O) groups is 2. The van der Waals surface area contributed by atoms with Gasteiger partial charge >= 0.3 is 6.03 Å². The molecule has 0 unspecified atom stereocenters. The van der Waals surface area contributed by atoms with Crippen molar-refractivity contribution >= 4 is 11.9 Å². The van der Waals surface area contributed by atoms with Crippen molar-refractivity contribution in [1.82, 2.24) is 10.6 Å².